The highest BCUT2D eigenvalue weighted by Crippen LogP contribution is 2.34. The summed E-state index contributed by atoms with van der Waals surface area (Å²) in [4.78, 5) is 11.7. The Balaban J connectivity index is 2.31. The van der Waals surface area contributed by atoms with Crippen LogP contribution in [0.1, 0.15) is 9.67 Å². The van der Waals surface area contributed by atoms with E-state index in [2.05, 4.69) is 20.7 Å². The number of methoxy groups -OCH3 is 1. The largest absolute Gasteiger partial charge is 0.465 e. The van der Waals surface area contributed by atoms with Gasteiger partial charge in [0.15, 0.2) is 0 Å². The van der Waals surface area contributed by atoms with E-state index in [9.17, 15) is 13.2 Å². The Labute approximate surface area is 134 Å². The summed E-state index contributed by atoms with van der Waals surface area (Å²) < 4.78 is 36.6. The third-order valence-corrected chi connectivity index (χ3v) is 7.06. The van der Waals surface area contributed by atoms with E-state index in [0.29, 0.717) is 3.79 Å². The van der Waals surface area contributed by atoms with Gasteiger partial charge in [0.1, 0.15) is 9.77 Å². The number of hydrogen-bond donors (Lipinski definition) is 1. The highest BCUT2D eigenvalue weighted by atomic mass is 79.9. The molecule has 21 heavy (non-hydrogen) atoms. The topological polar surface area (TPSA) is 93.1 Å². The molecule has 7 nitrogen and oxygen atoms in total. The molecule has 1 aromatic rings. The van der Waals surface area contributed by atoms with Crippen LogP contribution < -0.4 is 0 Å². The summed E-state index contributed by atoms with van der Waals surface area (Å²) in [6.45, 7) is 0.254. The number of aliphatic hydroxyl groups excluding tert-OH is 1. The highest BCUT2D eigenvalue weighted by Gasteiger charge is 2.33. The van der Waals surface area contributed by atoms with Gasteiger partial charge in [-0.3, -0.25) is 0 Å². The Morgan fingerprint density at radius 2 is 2.38 bits per heavy atom. The van der Waals surface area contributed by atoms with Crippen LogP contribution >= 0.6 is 27.3 Å². The number of halogens is 1. The molecule has 1 N–H and O–H groups in total. The van der Waals surface area contributed by atoms with Gasteiger partial charge < -0.3 is 14.6 Å². The second-order valence-corrected chi connectivity index (χ2v) is 8.56. The molecule has 1 saturated heterocycles. The lowest BCUT2D eigenvalue weighted by Gasteiger charge is -2.31. The van der Waals surface area contributed by atoms with Crippen LogP contribution in [-0.2, 0) is 19.5 Å². The van der Waals surface area contributed by atoms with Gasteiger partial charge in [0.2, 0.25) is 10.0 Å². The average molecular weight is 400 g/mol. The molecule has 1 atom stereocenters. The summed E-state index contributed by atoms with van der Waals surface area (Å²) in [5.41, 5.74) is 0. The molecule has 1 aliphatic heterocycles. The second-order valence-electron chi connectivity index (χ2n) is 4.28. The van der Waals surface area contributed by atoms with Crippen molar-refractivity contribution in [2.24, 2.45) is 0 Å². The van der Waals surface area contributed by atoms with Gasteiger partial charge in [-0.1, -0.05) is 0 Å². The van der Waals surface area contributed by atoms with Gasteiger partial charge in [-0.2, -0.15) is 4.31 Å². The minimum atomic E-state index is -3.76. The van der Waals surface area contributed by atoms with Crippen molar-refractivity contribution in [1.29, 1.82) is 0 Å². The van der Waals surface area contributed by atoms with E-state index < -0.39 is 22.1 Å². The number of hydrogen-bond acceptors (Lipinski definition) is 7. The number of rotatable bonds is 4. The Morgan fingerprint density at radius 1 is 1.67 bits per heavy atom. The normalized spacial score (nSPS) is 20.4. The predicted molar refractivity (Wildman–Crippen MR) is 78.9 cm³/mol. The highest BCUT2D eigenvalue weighted by molar-refractivity contribution is 9.11. The van der Waals surface area contributed by atoms with Gasteiger partial charge >= 0.3 is 5.97 Å². The number of morpholine rings is 1. The quantitative estimate of drug-likeness (QED) is 0.748. The van der Waals surface area contributed by atoms with Crippen LogP contribution in [0.5, 0.6) is 0 Å². The fourth-order valence-corrected chi connectivity index (χ4v) is 5.78. The first-order chi connectivity index (χ1) is 9.90. The van der Waals surface area contributed by atoms with Crippen LogP contribution in [0.15, 0.2) is 14.7 Å². The summed E-state index contributed by atoms with van der Waals surface area (Å²) in [6, 6.07) is 1.29. The third kappa shape index (κ3) is 3.46. The molecule has 0 radical (unpaired) electrons. The molecule has 118 valence electrons. The van der Waals surface area contributed by atoms with E-state index in [4.69, 9.17) is 9.84 Å². The fraction of sp³-hybridized carbons (Fsp3) is 0.545. The van der Waals surface area contributed by atoms with Gasteiger partial charge in [0, 0.05) is 13.1 Å². The summed E-state index contributed by atoms with van der Waals surface area (Å²) in [6.07, 6.45) is -0.536. The van der Waals surface area contributed by atoms with Gasteiger partial charge in [-0.15, -0.1) is 11.3 Å². The summed E-state index contributed by atoms with van der Waals surface area (Å²) >= 11 is 4.17. The lowest BCUT2D eigenvalue weighted by molar-refractivity contribution is -0.0304. The average Bonchev–Trinajstić information content (AvgIpc) is 2.89. The minimum absolute atomic E-state index is 0.0199. The van der Waals surface area contributed by atoms with E-state index in [1.807, 2.05) is 0 Å². The molecule has 0 amide bonds. The van der Waals surface area contributed by atoms with Crippen molar-refractivity contribution in [3.05, 3.63) is 14.7 Å². The minimum Gasteiger partial charge on any atom is -0.465 e. The monoisotopic (exact) mass is 399 g/mol. The molecule has 10 heteroatoms. The molecule has 1 fully saturated rings. The second kappa shape index (κ2) is 6.71. The standard InChI is InChI=1S/C11H14BrNO6S2/c1-18-11(15)8-4-9(10(12)20-8)21(16,17)13-2-3-19-7(5-13)6-14/h4,7,14H,2-3,5-6H2,1H3. The van der Waals surface area contributed by atoms with Crippen LogP contribution in [0.4, 0.5) is 0 Å². The molecule has 0 spiro atoms. The molecule has 1 aromatic heterocycles. The molecule has 2 heterocycles. The van der Waals surface area contributed by atoms with E-state index in [0.717, 1.165) is 11.3 Å². The number of ether oxygens (including phenoxy) is 2. The molecule has 1 unspecified atom stereocenters. The SMILES string of the molecule is COC(=O)c1cc(S(=O)(=O)N2CCOC(CO)C2)c(Br)s1. The lowest BCUT2D eigenvalue weighted by Crippen LogP contribution is -2.46. The van der Waals surface area contributed by atoms with Crippen LogP contribution in [0, 0.1) is 0 Å². The van der Waals surface area contributed by atoms with Crippen molar-refractivity contribution in [3.63, 3.8) is 0 Å². The Morgan fingerprint density at radius 3 is 3.00 bits per heavy atom. The van der Waals surface area contributed by atoms with E-state index >= 15 is 0 Å². The molecule has 0 saturated carbocycles. The molecule has 2 rings (SSSR count). The van der Waals surface area contributed by atoms with E-state index in [1.54, 1.807) is 0 Å². The first kappa shape index (κ1) is 16.8. The zero-order valence-corrected chi connectivity index (χ0v) is 14.3. The van der Waals surface area contributed by atoms with E-state index in [-0.39, 0.29) is 36.1 Å². The summed E-state index contributed by atoms with van der Waals surface area (Å²) in [7, 11) is -2.52. The number of aliphatic hydroxyl groups is 1. The van der Waals surface area contributed by atoms with Crippen LogP contribution in [0.25, 0.3) is 0 Å². The van der Waals surface area contributed by atoms with Crippen molar-refractivity contribution < 1.29 is 27.8 Å². The molecular formula is C11H14BrNO6S2. The maximum atomic E-state index is 12.6. The number of sulfonamides is 1. The first-order valence-electron chi connectivity index (χ1n) is 6.00. The Bertz CT molecular complexity index is 629. The number of carbonyl (C=O) groups is 1. The van der Waals surface area contributed by atoms with Crippen LogP contribution in [0.3, 0.4) is 0 Å². The van der Waals surface area contributed by atoms with Gasteiger partial charge in [-0.05, 0) is 22.0 Å². The van der Waals surface area contributed by atoms with Crippen molar-refractivity contribution in [2.45, 2.75) is 11.0 Å². The zero-order valence-electron chi connectivity index (χ0n) is 11.1. The number of nitrogens with zero attached hydrogens (tertiary/aromatic N) is 1. The van der Waals surface area contributed by atoms with Crippen molar-refractivity contribution in [1.82, 2.24) is 4.31 Å². The first-order valence-corrected chi connectivity index (χ1v) is 9.05. The van der Waals surface area contributed by atoms with Gasteiger partial charge in [0.05, 0.1) is 30.2 Å². The third-order valence-electron chi connectivity index (χ3n) is 2.97. The molecule has 1 aliphatic rings. The maximum Gasteiger partial charge on any atom is 0.348 e. The fourth-order valence-electron chi connectivity index (χ4n) is 1.89. The summed E-state index contributed by atoms with van der Waals surface area (Å²) in [5, 5.41) is 9.09. The Hall–Kier alpha value is -0.520. The molecule has 0 aromatic carbocycles. The summed E-state index contributed by atoms with van der Waals surface area (Å²) in [5.74, 6) is -0.586. The van der Waals surface area contributed by atoms with Crippen LogP contribution in [-0.4, -0.2) is 63.3 Å². The van der Waals surface area contributed by atoms with E-state index in [1.165, 1.54) is 17.5 Å². The predicted octanol–water partition coefficient (Wildman–Crippen LogP) is 0.679. The molecule has 0 bridgehead atoms. The zero-order chi connectivity index (χ0) is 15.6. The van der Waals surface area contributed by atoms with Crippen LogP contribution in [0.2, 0.25) is 0 Å². The molecular weight excluding hydrogens is 386 g/mol. The molecule has 0 aliphatic carbocycles. The van der Waals surface area contributed by atoms with Crippen molar-refractivity contribution in [3.8, 4) is 0 Å². The van der Waals surface area contributed by atoms with Gasteiger partial charge in [0.25, 0.3) is 0 Å². The number of thiophene rings is 1. The van der Waals surface area contributed by atoms with Gasteiger partial charge in [-0.25, -0.2) is 13.2 Å². The van der Waals surface area contributed by atoms with Crippen molar-refractivity contribution >= 4 is 43.3 Å². The Kier molecular flexibility index (Phi) is 5.38. The lowest BCUT2D eigenvalue weighted by atomic mass is 10.3. The smallest absolute Gasteiger partial charge is 0.348 e. The van der Waals surface area contributed by atoms with Crippen molar-refractivity contribution in [2.75, 3.05) is 33.4 Å². The number of carbonyl (C=O) groups excluding carboxylic acids is 1. The number of esters is 1. The maximum absolute atomic E-state index is 12.6.